The average Bonchev–Trinajstić information content (AvgIpc) is 2.95. The Morgan fingerprint density at radius 2 is 2.07 bits per heavy atom. The minimum atomic E-state index is -1.01. The van der Waals surface area contributed by atoms with Gasteiger partial charge in [0.2, 0.25) is 6.23 Å². The highest BCUT2D eigenvalue weighted by Crippen LogP contribution is 2.35. The van der Waals surface area contributed by atoms with E-state index in [9.17, 15) is 9.59 Å². The van der Waals surface area contributed by atoms with Gasteiger partial charge < -0.3 is 15.0 Å². The number of hydrogen-bond donors (Lipinski definition) is 1. The number of rotatable bonds is 6. The fourth-order valence-corrected chi connectivity index (χ4v) is 2.77. The Morgan fingerprint density at radius 3 is 2.74 bits per heavy atom. The van der Waals surface area contributed by atoms with Crippen LogP contribution >= 0.6 is 0 Å². The third kappa shape index (κ3) is 3.72. The van der Waals surface area contributed by atoms with E-state index in [1.807, 2.05) is 27.0 Å². The lowest BCUT2D eigenvalue weighted by Crippen LogP contribution is -2.39. The van der Waals surface area contributed by atoms with Gasteiger partial charge in [0.15, 0.2) is 5.69 Å². The van der Waals surface area contributed by atoms with Crippen molar-refractivity contribution in [1.29, 1.82) is 0 Å². The summed E-state index contributed by atoms with van der Waals surface area (Å²) >= 11 is 0. The molecule has 3 heterocycles. The summed E-state index contributed by atoms with van der Waals surface area (Å²) in [5.74, 6) is -0.0213. The van der Waals surface area contributed by atoms with Crippen LogP contribution in [-0.4, -0.2) is 58.5 Å². The normalized spacial score (nSPS) is 15.6. The molecule has 3 rings (SSSR count). The monoisotopic (exact) mass is 370 g/mol. The van der Waals surface area contributed by atoms with Gasteiger partial charge in [0.25, 0.3) is 5.91 Å². The molecule has 0 radical (unpaired) electrons. The second kappa shape index (κ2) is 8.09. The van der Waals surface area contributed by atoms with Gasteiger partial charge in [0.05, 0.1) is 0 Å². The molecule has 9 nitrogen and oxygen atoms in total. The van der Waals surface area contributed by atoms with Crippen molar-refractivity contribution in [2.24, 2.45) is 0 Å². The molecule has 0 saturated heterocycles. The van der Waals surface area contributed by atoms with Crippen molar-refractivity contribution in [2.45, 2.75) is 20.1 Å². The van der Waals surface area contributed by atoms with E-state index < -0.39 is 18.2 Å². The summed E-state index contributed by atoms with van der Waals surface area (Å²) in [6, 6.07) is 3.54. The molecule has 0 fully saturated rings. The van der Waals surface area contributed by atoms with Gasteiger partial charge in [-0.15, -0.1) is 0 Å². The number of fused-ring (bicyclic) bond motifs is 1. The second-order valence-corrected chi connectivity index (χ2v) is 6.08. The lowest BCUT2D eigenvalue weighted by molar-refractivity contribution is 0.0605. The first-order chi connectivity index (χ1) is 13.1. The second-order valence-electron chi connectivity index (χ2n) is 6.08. The molecular weight excluding hydrogens is 348 g/mol. The molecule has 2 aromatic heterocycles. The molecule has 2 aromatic rings. The van der Waals surface area contributed by atoms with Crippen molar-refractivity contribution < 1.29 is 14.3 Å². The fraction of sp³-hybridized carbons (Fsp3) is 0.389. The van der Waals surface area contributed by atoms with Gasteiger partial charge in [-0.05, 0) is 32.5 Å². The van der Waals surface area contributed by atoms with Gasteiger partial charge in [-0.2, -0.15) is 0 Å². The lowest BCUT2D eigenvalue weighted by atomic mass is 10.3. The van der Waals surface area contributed by atoms with E-state index >= 15 is 0 Å². The van der Waals surface area contributed by atoms with Crippen LogP contribution < -0.4 is 10.2 Å². The summed E-state index contributed by atoms with van der Waals surface area (Å²) in [5, 5.41) is 3.00. The number of hydrogen-bond acceptors (Lipinski definition) is 7. The molecule has 1 atom stereocenters. The maximum Gasteiger partial charge on any atom is 0.412 e. The van der Waals surface area contributed by atoms with E-state index in [2.05, 4.69) is 20.3 Å². The zero-order chi connectivity index (χ0) is 19.4. The lowest BCUT2D eigenvalue weighted by Gasteiger charge is -2.27. The summed E-state index contributed by atoms with van der Waals surface area (Å²) in [6.45, 7) is 5.37. The zero-order valence-corrected chi connectivity index (χ0v) is 15.5. The van der Waals surface area contributed by atoms with Crippen molar-refractivity contribution in [3.05, 3.63) is 47.7 Å². The van der Waals surface area contributed by atoms with Crippen molar-refractivity contribution >= 4 is 17.8 Å². The molecule has 1 aliphatic rings. The Hall–Kier alpha value is -3.07. The summed E-state index contributed by atoms with van der Waals surface area (Å²) in [6.07, 6.45) is 3.02. The van der Waals surface area contributed by atoms with Crippen LogP contribution in [0.2, 0.25) is 0 Å². The van der Waals surface area contributed by atoms with Crippen molar-refractivity contribution in [2.75, 3.05) is 31.6 Å². The van der Waals surface area contributed by atoms with Crippen LogP contribution in [0, 0.1) is 6.92 Å². The van der Waals surface area contributed by atoms with E-state index in [1.165, 1.54) is 17.3 Å². The van der Waals surface area contributed by atoms with E-state index in [4.69, 9.17) is 4.74 Å². The number of likely N-dealkylation sites (N-methyl/N-ethyl adjacent to an activating group) is 2. The Kier molecular flexibility index (Phi) is 5.60. The topological polar surface area (TPSA) is 101 Å². The van der Waals surface area contributed by atoms with Crippen molar-refractivity contribution in [1.82, 2.24) is 25.2 Å². The first kappa shape index (κ1) is 18.7. The van der Waals surface area contributed by atoms with Crippen LogP contribution in [0.1, 0.15) is 34.9 Å². The fourth-order valence-electron chi connectivity index (χ4n) is 2.77. The summed E-state index contributed by atoms with van der Waals surface area (Å²) < 4.78 is 5.68. The smallest absolute Gasteiger partial charge is 0.412 e. The summed E-state index contributed by atoms with van der Waals surface area (Å²) in [4.78, 5) is 41.0. The third-order valence-electron chi connectivity index (χ3n) is 4.24. The van der Waals surface area contributed by atoms with E-state index in [-0.39, 0.29) is 5.69 Å². The van der Waals surface area contributed by atoms with Crippen molar-refractivity contribution in [3.63, 3.8) is 0 Å². The number of aryl methyl sites for hydroxylation is 1. The largest absolute Gasteiger partial charge is 0.419 e. The molecule has 1 aliphatic heterocycles. The van der Waals surface area contributed by atoms with Gasteiger partial charge in [-0.3, -0.25) is 9.78 Å². The van der Waals surface area contributed by atoms with E-state index in [0.29, 0.717) is 31.1 Å². The number of amides is 2. The standard InChI is InChI=1S/C18H22N6O3/c1-4-23(10-9-19-3)18(26)27-17-15-14(20-7-8-21-15)16(25)24(17)13-6-5-12(2)11-22-13/h5-8,11,17,19H,4,9-10H2,1-3H3. The Bertz CT molecular complexity index is 826. The summed E-state index contributed by atoms with van der Waals surface area (Å²) in [5.41, 5.74) is 1.43. The number of carbonyl (C=O) groups excluding carboxylic acids is 2. The quantitative estimate of drug-likeness (QED) is 0.823. The first-order valence-electron chi connectivity index (χ1n) is 8.74. The maximum absolute atomic E-state index is 12.9. The first-order valence-corrected chi connectivity index (χ1v) is 8.74. The Morgan fingerprint density at radius 1 is 1.30 bits per heavy atom. The van der Waals surface area contributed by atoms with E-state index in [0.717, 1.165) is 5.56 Å². The Labute approximate surface area is 157 Å². The third-order valence-corrected chi connectivity index (χ3v) is 4.24. The van der Waals surface area contributed by atoms with Gasteiger partial charge in [-0.25, -0.2) is 19.7 Å². The van der Waals surface area contributed by atoms with Crippen LogP contribution in [0.15, 0.2) is 30.7 Å². The minimum absolute atomic E-state index is 0.163. The van der Waals surface area contributed by atoms with Crippen LogP contribution in [0.25, 0.3) is 0 Å². The molecule has 0 saturated carbocycles. The molecule has 0 spiro atoms. The van der Waals surface area contributed by atoms with Crippen LogP contribution in [0.4, 0.5) is 10.6 Å². The zero-order valence-electron chi connectivity index (χ0n) is 15.5. The van der Waals surface area contributed by atoms with Crippen LogP contribution in [0.5, 0.6) is 0 Å². The molecule has 142 valence electrons. The number of anilines is 1. The minimum Gasteiger partial charge on any atom is -0.419 e. The molecule has 27 heavy (non-hydrogen) atoms. The predicted octanol–water partition coefficient (Wildman–Crippen LogP) is 1.52. The summed E-state index contributed by atoms with van der Waals surface area (Å²) in [7, 11) is 1.81. The molecule has 0 bridgehead atoms. The molecule has 0 aliphatic carbocycles. The maximum atomic E-state index is 12.9. The van der Waals surface area contributed by atoms with Gasteiger partial charge in [-0.1, -0.05) is 6.07 Å². The van der Waals surface area contributed by atoms with Gasteiger partial charge in [0.1, 0.15) is 11.5 Å². The molecule has 1 N–H and O–H groups in total. The SMILES string of the molecule is CCN(CCNC)C(=O)OC1c2nccnc2C(=O)N1c1ccc(C)cn1. The number of ether oxygens (including phenoxy) is 1. The van der Waals surface area contributed by atoms with Crippen LogP contribution in [-0.2, 0) is 4.74 Å². The highest BCUT2D eigenvalue weighted by Gasteiger charge is 2.44. The highest BCUT2D eigenvalue weighted by molar-refractivity contribution is 6.08. The number of nitrogens with one attached hydrogen (secondary N) is 1. The molecule has 0 aromatic carbocycles. The average molecular weight is 370 g/mol. The Balaban J connectivity index is 1.92. The van der Waals surface area contributed by atoms with Crippen LogP contribution in [0.3, 0.4) is 0 Å². The molecule has 1 unspecified atom stereocenters. The molecule has 2 amide bonds. The number of aromatic nitrogens is 3. The predicted molar refractivity (Wildman–Crippen MR) is 98.2 cm³/mol. The number of carbonyl (C=O) groups is 2. The number of nitrogens with zero attached hydrogens (tertiary/aromatic N) is 5. The molecular formula is C18H22N6O3. The van der Waals surface area contributed by atoms with E-state index in [1.54, 1.807) is 17.2 Å². The van der Waals surface area contributed by atoms with Gasteiger partial charge >= 0.3 is 6.09 Å². The molecule has 9 heteroatoms. The number of pyridine rings is 1. The van der Waals surface area contributed by atoms with Crippen molar-refractivity contribution in [3.8, 4) is 0 Å². The highest BCUT2D eigenvalue weighted by atomic mass is 16.6. The van der Waals surface area contributed by atoms with Gasteiger partial charge in [0, 0.05) is 38.2 Å².